The SMILES string of the molecule is CC(=O)c1sc(NCC(P(=O)(O)O)P(=O)(O)O)nc1C. The third-order valence-corrected chi connectivity index (χ3v) is 7.27. The molecule has 0 bridgehead atoms. The highest BCUT2D eigenvalue weighted by Crippen LogP contribution is 2.59. The van der Waals surface area contributed by atoms with Crippen LogP contribution in [0.15, 0.2) is 0 Å². The van der Waals surface area contributed by atoms with Crippen molar-refractivity contribution in [2.45, 2.75) is 19.2 Å². The van der Waals surface area contributed by atoms with E-state index in [0.717, 1.165) is 11.3 Å². The summed E-state index contributed by atoms with van der Waals surface area (Å²) in [5, 5.41) is 0.458. The highest BCUT2D eigenvalue weighted by molar-refractivity contribution is 7.70. The Morgan fingerprint density at radius 3 is 2.15 bits per heavy atom. The van der Waals surface area contributed by atoms with Gasteiger partial charge in [0.15, 0.2) is 16.3 Å². The number of carbonyl (C=O) groups excluding carboxylic acids is 1. The summed E-state index contributed by atoms with van der Waals surface area (Å²) in [5.74, 6) is -0.213. The standard InChI is InChI=1S/C8H14N2O7P2S/c1-4-7(5(2)11)20-8(10-4)9-3-6(18(12,13)14)19(15,16)17/h6H,3H2,1-2H3,(H,9,10)(H2,12,13,14)(H2,15,16,17). The number of Topliss-reactive ketones (excluding diaryl/α,β-unsaturated/α-hetero) is 1. The van der Waals surface area contributed by atoms with Gasteiger partial charge in [-0.3, -0.25) is 13.9 Å². The minimum Gasteiger partial charge on any atom is -0.360 e. The van der Waals surface area contributed by atoms with E-state index in [4.69, 9.17) is 19.6 Å². The highest BCUT2D eigenvalue weighted by atomic mass is 32.1. The second-order valence-electron chi connectivity index (χ2n) is 4.03. The lowest BCUT2D eigenvalue weighted by atomic mass is 10.3. The second kappa shape index (κ2) is 6.03. The van der Waals surface area contributed by atoms with E-state index in [2.05, 4.69) is 10.3 Å². The average molecular weight is 344 g/mol. The molecule has 114 valence electrons. The Hall–Kier alpha value is -0.600. The maximum Gasteiger partial charge on any atom is 0.342 e. The number of aryl methyl sites for hydroxylation is 1. The number of thiazole rings is 1. The largest absolute Gasteiger partial charge is 0.360 e. The number of aromatic nitrogens is 1. The third-order valence-electron chi connectivity index (χ3n) is 2.33. The molecule has 1 aromatic rings. The quantitative estimate of drug-likeness (QED) is 0.371. The molecule has 0 spiro atoms. The fraction of sp³-hybridized carbons (Fsp3) is 0.500. The molecule has 0 atom stereocenters. The Labute approximate surface area is 118 Å². The third kappa shape index (κ3) is 4.46. The van der Waals surface area contributed by atoms with Gasteiger partial charge in [-0.25, -0.2) is 4.98 Å². The minimum absolute atomic E-state index is 0.166. The normalized spacial score (nSPS) is 12.8. The van der Waals surface area contributed by atoms with Crippen LogP contribution in [0.3, 0.4) is 0 Å². The maximum atomic E-state index is 11.2. The summed E-state index contributed by atoms with van der Waals surface area (Å²) >= 11 is 0.953. The fourth-order valence-corrected chi connectivity index (χ4v) is 4.51. The van der Waals surface area contributed by atoms with Crippen molar-refractivity contribution in [1.29, 1.82) is 0 Å². The van der Waals surface area contributed by atoms with Crippen molar-refractivity contribution in [1.82, 2.24) is 4.98 Å². The first kappa shape index (κ1) is 17.5. The molecule has 0 saturated heterocycles. The van der Waals surface area contributed by atoms with E-state index in [0.29, 0.717) is 10.6 Å². The zero-order chi connectivity index (χ0) is 15.7. The smallest absolute Gasteiger partial charge is 0.342 e. The van der Waals surface area contributed by atoms with Gasteiger partial charge in [-0.05, 0) is 6.92 Å². The van der Waals surface area contributed by atoms with Crippen molar-refractivity contribution >= 4 is 37.4 Å². The Morgan fingerprint density at radius 2 is 1.80 bits per heavy atom. The molecule has 0 radical (unpaired) electrons. The van der Waals surface area contributed by atoms with Gasteiger partial charge in [0.25, 0.3) is 0 Å². The Balaban J connectivity index is 2.89. The van der Waals surface area contributed by atoms with E-state index in [1.165, 1.54) is 6.92 Å². The van der Waals surface area contributed by atoms with Crippen molar-refractivity contribution in [3.8, 4) is 0 Å². The van der Waals surface area contributed by atoms with Gasteiger partial charge in [-0.15, -0.1) is 0 Å². The van der Waals surface area contributed by atoms with Crippen LogP contribution in [0.5, 0.6) is 0 Å². The Bertz CT molecular complexity index is 582. The summed E-state index contributed by atoms with van der Waals surface area (Å²) in [7, 11) is -9.95. The minimum atomic E-state index is -4.97. The van der Waals surface area contributed by atoms with Crippen LogP contribution >= 0.6 is 26.5 Å². The number of nitrogens with one attached hydrogen (secondary N) is 1. The summed E-state index contributed by atoms with van der Waals surface area (Å²) in [4.78, 5) is 51.3. The summed E-state index contributed by atoms with van der Waals surface area (Å²) in [6.45, 7) is 2.28. The van der Waals surface area contributed by atoms with Gasteiger partial charge in [0.2, 0.25) is 0 Å². The number of rotatable bonds is 6. The van der Waals surface area contributed by atoms with Crippen LogP contribution in [0.25, 0.3) is 0 Å². The molecule has 0 aliphatic rings. The molecule has 0 unspecified atom stereocenters. The molecular formula is C8H14N2O7P2S. The first-order valence-corrected chi connectivity index (χ1v) is 9.43. The molecule has 0 aliphatic heterocycles. The van der Waals surface area contributed by atoms with Crippen LogP contribution in [-0.4, -0.2) is 42.3 Å². The Kier molecular flexibility index (Phi) is 5.26. The number of nitrogens with zero attached hydrogens (tertiary/aromatic N) is 1. The van der Waals surface area contributed by atoms with Gasteiger partial charge in [-0.1, -0.05) is 11.3 Å². The predicted octanol–water partition coefficient (Wildman–Crippen LogP) is 0.748. The van der Waals surface area contributed by atoms with E-state index >= 15 is 0 Å². The molecule has 1 heterocycles. The summed E-state index contributed by atoms with van der Waals surface area (Å²) in [6.07, 6.45) is 0. The monoisotopic (exact) mass is 344 g/mol. The lowest BCUT2D eigenvalue weighted by molar-refractivity contribution is 0.102. The van der Waals surface area contributed by atoms with Gasteiger partial charge >= 0.3 is 15.2 Å². The van der Waals surface area contributed by atoms with Crippen molar-refractivity contribution < 1.29 is 33.5 Å². The van der Waals surface area contributed by atoms with Gasteiger partial charge in [0.05, 0.1) is 10.6 Å². The maximum absolute atomic E-state index is 11.2. The number of hydrogen-bond donors (Lipinski definition) is 5. The predicted molar refractivity (Wildman–Crippen MR) is 73.2 cm³/mol. The van der Waals surface area contributed by atoms with Crippen molar-refractivity contribution in [3.63, 3.8) is 0 Å². The lowest BCUT2D eigenvalue weighted by Gasteiger charge is -2.19. The average Bonchev–Trinajstić information content (AvgIpc) is 2.55. The van der Waals surface area contributed by atoms with E-state index in [9.17, 15) is 13.9 Å². The van der Waals surface area contributed by atoms with Gasteiger partial charge in [-0.2, -0.15) is 0 Å². The molecule has 20 heavy (non-hydrogen) atoms. The molecule has 0 saturated carbocycles. The number of ketones is 1. The molecule has 1 rings (SSSR count). The van der Waals surface area contributed by atoms with Crippen LogP contribution in [0, 0.1) is 6.92 Å². The first-order valence-electron chi connectivity index (χ1n) is 5.25. The summed E-state index contributed by atoms with van der Waals surface area (Å²) < 4.78 is 22.1. The molecule has 0 amide bonds. The van der Waals surface area contributed by atoms with Crippen molar-refractivity contribution in [2.75, 3.05) is 11.9 Å². The molecule has 9 nitrogen and oxygen atoms in total. The molecule has 1 aromatic heterocycles. The van der Waals surface area contributed by atoms with E-state index in [1.54, 1.807) is 6.92 Å². The van der Waals surface area contributed by atoms with Gasteiger partial charge in [0, 0.05) is 13.5 Å². The molecule has 0 aliphatic carbocycles. The van der Waals surface area contributed by atoms with E-state index in [1.807, 2.05) is 0 Å². The summed E-state index contributed by atoms with van der Waals surface area (Å²) in [6, 6.07) is 0. The topological polar surface area (TPSA) is 157 Å². The zero-order valence-electron chi connectivity index (χ0n) is 10.5. The number of anilines is 1. The molecule has 12 heteroatoms. The molecule has 5 N–H and O–H groups in total. The van der Waals surface area contributed by atoms with Crippen LogP contribution in [0.2, 0.25) is 0 Å². The van der Waals surface area contributed by atoms with Crippen molar-refractivity contribution in [2.24, 2.45) is 0 Å². The zero-order valence-corrected chi connectivity index (χ0v) is 13.2. The molecular weight excluding hydrogens is 330 g/mol. The van der Waals surface area contributed by atoms with Crippen LogP contribution < -0.4 is 5.32 Å². The summed E-state index contributed by atoms with van der Waals surface area (Å²) in [5.41, 5.74) is 0.439. The van der Waals surface area contributed by atoms with Gasteiger partial charge in [0.1, 0.15) is 0 Å². The lowest BCUT2D eigenvalue weighted by Crippen LogP contribution is -2.20. The molecule has 0 aromatic carbocycles. The van der Waals surface area contributed by atoms with E-state index < -0.39 is 27.1 Å². The second-order valence-corrected chi connectivity index (χ2v) is 9.04. The van der Waals surface area contributed by atoms with E-state index in [-0.39, 0.29) is 10.9 Å². The van der Waals surface area contributed by atoms with Crippen molar-refractivity contribution in [3.05, 3.63) is 10.6 Å². The first-order chi connectivity index (χ1) is 8.93. The Morgan fingerprint density at radius 1 is 1.30 bits per heavy atom. The molecule has 0 fully saturated rings. The van der Waals surface area contributed by atoms with Crippen LogP contribution in [0.4, 0.5) is 5.13 Å². The fourth-order valence-electron chi connectivity index (χ4n) is 1.41. The van der Waals surface area contributed by atoms with Crippen LogP contribution in [-0.2, 0) is 9.13 Å². The van der Waals surface area contributed by atoms with Crippen LogP contribution in [0.1, 0.15) is 22.3 Å². The van der Waals surface area contributed by atoms with Gasteiger partial charge < -0.3 is 24.9 Å². The number of carbonyl (C=O) groups is 1. The highest BCUT2D eigenvalue weighted by Gasteiger charge is 2.43. The number of hydrogen-bond acceptors (Lipinski definition) is 6.